The van der Waals surface area contributed by atoms with Crippen molar-refractivity contribution in [3.8, 4) is 0 Å². The van der Waals surface area contributed by atoms with Gasteiger partial charge in [0.05, 0.1) is 6.61 Å². The zero-order chi connectivity index (χ0) is 20.9. The first-order chi connectivity index (χ1) is 13.6. The Hall–Kier alpha value is -1.65. The number of aliphatic hydroxyl groups excluding tert-OH is 2. The predicted molar refractivity (Wildman–Crippen MR) is 119 cm³/mol. The number of hydrogen-bond acceptors (Lipinski definition) is 3. The van der Waals surface area contributed by atoms with E-state index in [0.29, 0.717) is 18.9 Å². The van der Waals surface area contributed by atoms with Crippen LogP contribution in [0, 0.1) is 5.92 Å². The zero-order valence-electron chi connectivity index (χ0n) is 17.9. The molecule has 0 aromatic carbocycles. The second-order valence-corrected chi connectivity index (χ2v) is 7.25. The summed E-state index contributed by atoms with van der Waals surface area (Å²) in [5, 5.41) is 20.4. The van der Waals surface area contributed by atoms with Crippen molar-refractivity contribution in [3.05, 3.63) is 48.6 Å². The highest BCUT2D eigenvalue weighted by molar-refractivity contribution is 5.76. The lowest BCUT2D eigenvalue weighted by molar-refractivity contribution is -0.122. The Labute approximate surface area is 172 Å². The molecule has 0 aliphatic rings. The Morgan fingerprint density at radius 1 is 0.821 bits per heavy atom. The Bertz CT molecular complexity index is 480. The molecule has 0 heterocycles. The van der Waals surface area contributed by atoms with Crippen LogP contribution in [0.1, 0.15) is 71.6 Å². The molecular weight excluding hydrogens is 350 g/mol. The minimum Gasteiger partial charge on any atom is -0.396 e. The molecule has 0 spiro atoms. The van der Waals surface area contributed by atoms with Crippen LogP contribution in [0.15, 0.2) is 48.6 Å². The van der Waals surface area contributed by atoms with Crippen LogP contribution in [0.25, 0.3) is 0 Å². The van der Waals surface area contributed by atoms with Gasteiger partial charge in [-0.3, -0.25) is 4.79 Å². The average Bonchev–Trinajstić information content (AvgIpc) is 2.68. The van der Waals surface area contributed by atoms with Crippen molar-refractivity contribution < 1.29 is 15.0 Å². The number of amides is 1. The highest BCUT2D eigenvalue weighted by atomic mass is 16.3. The van der Waals surface area contributed by atoms with E-state index in [4.69, 9.17) is 10.2 Å². The van der Waals surface area contributed by atoms with Crippen LogP contribution in [-0.2, 0) is 4.79 Å². The van der Waals surface area contributed by atoms with Crippen LogP contribution in [0.4, 0.5) is 0 Å². The molecule has 0 rings (SSSR count). The van der Waals surface area contributed by atoms with Crippen LogP contribution in [0.5, 0.6) is 0 Å². The molecule has 0 bridgehead atoms. The summed E-state index contributed by atoms with van der Waals surface area (Å²) in [5.74, 6) is 0.469. The molecule has 1 amide bonds. The molecule has 28 heavy (non-hydrogen) atoms. The van der Waals surface area contributed by atoms with E-state index in [1.807, 2.05) is 0 Å². The Morgan fingerprint density at radius 2 is 1.46 bits per heavy atom. The third-order valence-corrected chi connectivity index (χ3v) is 4.24. The molecule has 2 atom stereocenters. The van der Waals surface area contributed by atoms with Gasteiger partial charge < -0.3 is 15.5 Å². The molecule has 0 unspecified atom stereocenters. The summed E-state index contributed by atoms with van der Waals surface area (Å²) in [6.07, 6.45) is 25.9. The average molecular weight is 392 g/mol. The molecular formula is C24H41NO3. The van der Waals surface area contributed by atoms with Crippen LogP contribution in [0.3, 0.4) is 0 Å². The first-order valence-electron chi connectivity index (χ1n) is 10.7. The Morgan fingerprint density at radius 3 is 2.18 bits per heavy atom. The molecule has 3 N–H and O–H groups in total. The summed E-state index contributed by atoms with van der Waals surface area (Å²) in [6, 6.07) is -0.163. The van der Waals surface area contributed by atoms with Crippen LogP contribution >= 0.6 is 0 Å². The molecule has 0 radical (unpaired) electrons. The van der Waals surface area contributed by atoms with Gasteiger partial charge in [-0.2, -0.15) is 0 Å². The summed E-state index contributed by atoms with van der Waals surface area (Å²) in [4.78, 5) is 11.5. The number of nitrogens with one attached hydrogen (secondary N) is 1. The van der Waals surface area contributed by atoms with Crippen molar-refractivity contribution in [2.45, 2.75) is 77.7 Å². The Kier molecular flexibility index (Phi) is 18.9. The number of aliphatic hydroxyl groups is 2. The fraction of sp³-hybridized carbons (Fsp3) is 0.625. The fourth-order valence-electron chi connectivity index (χ4n) is 2.56. The van der Waals surface area contributed by atoms with Crippen molar-refractivity contribution in [2.24, 2.45) is 5.92 Å². The molecule has 0 fully saturated rings. The maximum atomic E-state index is 11.5. The molecule has 0 saturated carbocycles. The van der Waals surface area contributed by atoms with Gasteiger partial charge in [-0.15, -0.1) is 0 Å². The summed E-state index contributed by atoms with van der Waals surface area (Å²) in [6.45, 7) is 4.27. The minimum atomic E-state index is -0.163. The van der Waals surface area contributed by atoms with Crippen LogP contribution in [0.2, 0.25) is 0 Å². The van der Waals surface area contributed by atoms with E-state index >= 15 is 0 Å². The summed E-state index contributed by atoms with van der Waals surface area (Å²) in [5.41, 5.74) is 0. The van der Waals surface area contributed by atoms with Gasteiger partial charge in [-0.1, -0.05) is 62.0 Å². The predicted octanol–water partition coefficient (Wildman–Crippen LogP) is 4.85. The van der Waals surface area contributed by atoms with Gasteiger partial charge in [-0.05, 0) is 57.8 Å². The monoisotopic (exact) mass is 391 g/mol. The van der Waals surface area contributed by atoms with Crippen LogP contribution in [-0.4, -0.2) is 35.4 Å². The molecule has 0 aromatic heterocycles. The summed E-state index contributed by atoms with van der Waals surface area (Å²) < 4.78 is 0. The number of allylic oxidation sites excluding steroid dienone is 8. The normalized spacial score (nSPS) is 14.6. The van der Waals surface area contributed by atoms with Gasteiger partial charge in [0.1, 0.15) is 0 Å². The zero-order valence-corrected chi connectivity index (χ0v) is 17.9. The SMILES string of the molecule is C[C@H](/C=C\C/C=C\C/C=C\CCCC(=O)N[C@H](C)CO)/C=C\CCCCCO. The molecule has 4 heteroatoms. The smallest absolute Gasteiger partial charge is 0.220 e. The Balaban J connectivity index is 3.65. The lowest BCUT2D eigenvalue weighted by atomic mass is 10.1. The van der Waals surface area contributed by atoms with E-state index in [1.54, 1.807) is 6.92 Å². The number of unbranched alkanes of at least 4 members (excludes halogenated alkanes) is 4. The topological polar surface area (TPSA) is 69.6 Å². The summed E-state index contributed by atoms with van der Waals surface area (Å²) >= 11 is 0. The van der Waals surface area contributed by atoms with Gasteiger partial charge >= 0.3 is 0 Å². The van der Waals surface area contributed by atoms with Crippen molar-refractivity contribution >= 4 is 5.91 Å². The minimum absolute atomic E-state index is 0.00686. The van der Waals surface area contributed by atoms with Crippen molar-refractivity contribution in [2.75, 3.05) is 13.2 Å². The highest BCUT2D eigenvalue weighted by Gasteiger charge is 2.04. The maximum Gasteiger partial charge on any atom is 0.220 e. The van der Waals surface area contributed by atoms with E-state index < -0.39 is 0 Å². The van der Waals surface area contributed by atoms with E-state index in [9.17, 15) is 4.79 Å². The number of rotatable bonds is 17. The summed E-state index contributed by atoms with van der Waals surface area (Å²) in [7, 11) is 0. The first-order valence-corrected chi connectivity index (χ1v) is 10.7. The number of carbonyl (C=O) groups is 1. The van der Waals surface area contributed by atoms with Gasteiger partial charge in [-0.25, -0.2) is 0 Å². The first kappa shape index (κ1) is 26.4. The van der Waals surface area contributed by atoms with E-state index in [-0.39, 0.29) is 18.6 Å². The van der Waals surface area contributed by atoms with Crippen molar-refractivity contribution in [1.82, 2.24) is 5.32 Å². The van der Waals surface area contributed by atoms with Crippen molar-refractivity contribution in [3.63, 3.8) is 0 Å². The second kappa shape index (κ2) is 20.1. The quantitative estimate of drug-likeness (QED) is 0.245. The number of hydrogen-bond donors (Lipinski definition) is 3. The molecule has 0 aromatic rings. The second-order valence-electron chi connectivity index (χ2n) is 7.25. The third kappa shape index (κ3) is 19.1. The van der Waals surface area contributed by atoms with Gasteiger partial charge in [0.2, 0.25) is 5.91 Å². The fourth-order valence-corrected chi connectivity index (χ4v) is 2.56. The molecule has 0 saturated heterocycles. The van der Waals surface area contributed by atoms with E-state index in [0.717, 1.165) is 51.4 Å². The van der Waals surface area contributed by atoms with E-state index in [1.165, 1.54) is 0 Å². The van der Waals surface area contributed by atoms with Crippen molar-refractivity contribution in [1.29, 1.82) is 0 Å². The molecule has 0 aliphatic heterocycles. The lowest BCUT2D eigenvalue weighted by Gasteiger charge is -2.09. The standard InChI is InChI=1S/C24H41NO3/c1-22(18-14-10-8-12-16-20-26)17-13-9-6-4-3-5-7-11-15-19-24(28)25-23(2)21-27/h4-7,13-14,17-18,22-23,26-27H,3,8-12,15-16,19-21H2,1-2H3,(H,25,28)/b6-4-,7-5-,17-13-,18-14-/t22-,23-/m1/s1. The van der Waals surface area contributed by atoms with E-state index in [2.05, 4.69) is 60.8 Å². The largest absolute Gasteiger partial charge is 0.396 e. The third-order valence-electron chi connectivity index (χ3n) is 4.24. The highest BCUT2D eigenvalue weighted by Crippen LogP contribution is 2.05. The molecule has 0 aliphatic carbocycles. The maximum absolute atomic E-state index is 11.5. The van der Waals surface area contributed by atoms with Crippen LogP contribution < -0.4 is 5.32 Å². The van der Waals surface area contributed by atoms with Gasteiger partial charge in [0.15, 0.2) is 0 Å². The number of carbonyl (C=O) groups excluding carboxylic acids is 1. The van der Waals surface area contributed by atoms with Gasteiger partial charge in [0.25, 0.3) is 0 Å². The molecule has 160 valence electrons. The molecule has 4 nitrogen and oxygen atoms in total. The van der Waals surface area contributed by atoms with Gasteiger partial charge in [0, 0.05) is 19.1 Å². The lowest BCUT2D eigenvalue weighted by Crippen LogP contribution is -2.34.